The predicted molar refractivity (Wildman–Crippen MR) is 132 cm³/mol. The fourth-order valence-electron chi connectivity index (χ4n) is 5.68. The molecule has 9 nitrogen and oxygen atoms in total. The lowest BCUT2D eigenvalue weighted by molar-refractivity contribution is 0.00591. The Labute approximate surface area is 203 Å². The van der Waals surface area contributed by atoms with E-state index in [4.69, 9.17) is 9.72 Å². The highest BCUT2D eigenvalue weighted by molar-refractivity contribution is 6.09. The number of likely N-dealkylation sites (tertiary alicyclic amines) is 1. The highest BCUT2D eigenvalue weighted by atomic mass is 16.5. The number of aromatic nitrogens is 5. The van der Waals surface area contributed by atoms with Crippen LogP contribution in [0, 0.1) is 12.8 Å². The summed E-state index contributed by atoms with van der Waals surface area (Å²) in [6.07, 6.45) is 3.49. The van der Waals surface area contributed by atoms with Gasteiger partial charge in [-0.05, 0) is 56.9 Å². The lowest BCUT2D eigenvalue weighted by Gasteiger charge is -2.35. The van der Waals surface area contributed by atoms with Crippen molar-refractivity contribution in [1.29, 1.82) is 0 Å². The molecule has 3 aromatic heterocycles. The Morgan fingerprint density at radius 1 is 1.17 bits per heavy atom. The van der Waals surface area contributed by atoms with Crippen LogP contribution < -0.4 is 0 Å². The molecule has 0 saturated carbocycles. The van der Waals surface area contributed by atoms with Crippen LogP contribution in [0.3, 0.4) is 0 Å². The fraction of sp³-hybridized carbons (Fsp3) is 0.462. The molecule has 1 amide bonds. The number of hydrogen-bond acceptors (Lipinski definition) is 6. The monoisotopic (exact) mass is 474 g/mol. The molecule has 2 fully saturated rings. The lowest BCUT2D eigenvalue weighted by atomic mass is 9.92. The molecule has 5 heterocycles. The van der Waals surface area contributed by atoms with Gasteiger partial charge >= 0.3 is 0 Å². The highest BCUT2D eigenvalue weighted by Gasteiger charge is 2.31. The van der Waals surface area contributed by atoms with Crippen molar-refractivity contribution in [1.82, 2.24) is 29.4 Å². The third-order valence-corrected chi connectivity index (χ3v) is 7.66. The average molecular weight is 475 g/mol. The minimum Gasteiger partial charge on any atom is -0.389 e. The molecule has 2 aliphatic heterocycles. The normalized spacial score (nSPS) is 18.3. The van der Waals surface area contributed by atoms with Gasteiger partial charge in [0.15, 0.2) is 0 Å². The summed E-state index contributed by atoms with van der Waals surface area (Å²) in [6, 6.07) is 8.33. The van der Waals surface area contributed by atoms with E-state index >= 15 is 0 Å². The number of carbonyl (C=O) groups excluding carboxylic acids is 1. The quantitative estimate of drug-likeness (QED) is 0.488. The zero-order valence-electron chi connectivity index (χ0n) is 20.3. The van der Waals surface area contributed by atoms with Gasteiger partial charge in [0, 0.05) is 62.1 Å². The van der Waals surface area contributed by atoms with Crippen molar-refractivity contribution < 1.29 is 14.6 Å². The summed E-state index contributed by atoms with van der Waals surface area (Å²) < 4.78 is 9.80. The number of carbonyl (C=O) groups is 1. The molecule has 182 valence electrons. The highest BCUT2D eigenvalue weighted by Crippen LogP contribution is 2.38. The summed E-state index contributed by atoms with van der Waals surface area (Å²) in [7, 11) is 1.89. The van der Waals surface area contributed by atoms with Gasteiger partial charge in [0.1, 0.15) is 0 Å². The number of ether oxygens (including phenoxy) is 1. The molecule has 35 heavy (non-hydrogen) atoms. The Morgan fingerprint density at radius 3 is 2.63 bits per heavy atom. The van der Waals surface area contributed by atoms with Crippen LogP contribution in [0.5, 0.6) is 0 Å². The van der Waals surface area contributed by atoms with Crippen LogP contribution >= 0.6 is 0 Å². The van der Waals surface area contributed by atoms with Gasteiger partial charge in [0.2, 0.25) is 0 Å². The molecule has 0 radical (unpaired) electrons. The number of β-amino-alcohol motifs (C(OH)–C–C–N with tert-alkyl or cyclic N) is 1. The number of hydrogen-bond donors (Lipinski definition) is 1. The van der Waals surface area contributed by atoms with Gasteiger partial charge in [-0.1, -0.05) is 5.21 Å². The maximum absolute atomic E-state index is 13.0. The van der Waals surface area contributed by atoms with E-state index in [1.165, 1.54) is 0 Å². The SMILES string of the molecule is Cc1nnn(C)c1-c1cnc2c3cc(C(=O)N4CC(O)C4)ccc3n(C(C)C3CCOCC3)c2c1. The van der Waals surface area contributed by atoms with Gasteiger partial charge in [-0.3, -0.25) is 9.78 Å². The Kier molecular flexibility index (Phi) is 5.34. The van der Waals surface area contributed by atoms with E-state index in [0.29, 0.717) is 24.6 Å². The number of rotatable bonds is 4. The van der Waals surface area contributed by atoms with Gasteiger partial charge in [0.25, 0.3) is 5.91 Å². The van der Waals surface area contributed by atoms with E-state index < -0.39 is 6.10 Å². The second-order valence-corrected chi connectivity index (χ2v) is 9.90. The number of amides is 1. The minimum atomic E-state index is -0.421. The first-order chi connectivity index (χ1) is 16.9. The number of fused-ring (bicyclic) bond motifs is 3. The van der Waals surface area contributed by atoms with Crippen LogP contribution in [0.15, 0.2) is 30.5 Å². The second-order valence-electron chi connectivity index (χ2n) is 9.90. The minimum absolute atomic E-state index is 0.0521. The Morgan fingerprint density at radius 2 is 1.94 bits per heavy atom. The Balaban J connectivity index is 1.53. The summed E-state index contributed by atoms with van der Waals surface area (Å²) in [5.74, 6) is 0.443. The topological polar surface area (TPSA) is 98.3 Å². The van der Waals surface area contributed by atoms with Gasteiger partial charge in [-0.2, -0.15) is 0 Å². The maximum atomic E-state index is 13.0. The molecule has 0 bridgehead atoms. The van der Waals surface area contributed by atoms with Crippen molar-refractivity contribution in [2.24, 2.45) is 13.0 Å². The molecule has 1 N–H and O–H groups in total. The number of pyridine rings is 1. The van der Waals surface area contributed by atoms with Crippen LogP contribution in [0.4, 0.5) is 0 Å². The number of benzene rings is 1. The molecule has 0 aliphatic carbocycles. The summed E-state index contributed by atoms with van der Waals surface area (Å²) in [5.41, 5.74) is 6.40. The van der Waals surface area contributed by atoms with Crippen LogP contribution in [0.2, 0.25) is 0 Å². The molecule has 2 aliphatic rings. The molecular formula is C26H30N6O3. The van der Waals surface area contributed by atoms with Crippen molar-refractivity contribution in [3.8, 4) is 11.3 Å². The van der Waals surface area contributed by atoms with E-state index in [2.05, 4.69) is 27.9 Å². The number of aliphatic hydroxyl groups excluding tert-OH is 1. The van der Waals surface area contributed by atoms with Gasteiger partial charge in [0.05, 0.1) is 34.0 Å². The lowest BCUT2D eigenvalue weighted by Crippen LogP contribution is -2.53. The molecule has 0 spiro atoms. The summed E-state index contributed by atoms with van der Waals surface area (Å²) in [6.45, 7) is 6.58. The number of nitrogens with zero attached hydrogens (tertiary/aromatic N) is 6. The van der Waals surface area contributed by atoms with Crippen molar-refractivity contribution in [3.63, 3.8) is 0 Å². The van der Waals surface area contributed by atoms with E-state index in [-0.39, 0.29) is 11.9 Å². The summed E-state index contributed by atoms with van der Waals surface area (Å²) in [4.78, 5) is 19.6. The average Bonchev–Trinajstić information content (AvgIpc) is 3.36. The van der Waals surface area contributed by atoms with Crippen molar-refractivity contribution >= 4 is 27.8 Å². The smallest absolute Gasteiger partial charge is 0.254 e. The van der Waals surface area contributed by atoms with E-state index in [1.807, 2.05) is 38.4 Å². The first kappa shape index (κ1) is 22.2. The first-order valence-electron chi connectivity index (χ1n) is 12.3. The zero-order chi connectivity index (χ0) is 24.3. The first-order valence-corrected chi connectivity index (χ1v) is 12.3. The van der Waals surface area contributed by atoms with Crippen molar-refractivity contribution in [3.05, 3.63) is 41.7 Å². The molecule has 1 unspecified atom stereocenters. The molecule has 6 rings (SSSR count). The van der Waals surface area contributed by atoms with E-state index in [1.54, 1.807) is 9.58 Å². The number of aliphatic hydroxyl groups is 1. The second kappa shape index (κ2) is 8.42. The number of aryl methyl sites for hydroxylation is 2. The molecule has 9 heteroatoms. The van der Waals surface area contributed by atoms with E-state index in [0.717, 1.165) is 64.9 Å². The van der Waals surface area contributed by atoms with Gasteiger partial charge in [-0.15, -0.1) is 5.10 Å². The molecule has 4 aromatic rings. The predicted octanol–water partition coefficient (Wildman–Crippen LogP) is 3.10. The maximum Gasteiger partial charge on any atom is 0.254 e. The summed E-state index contributed by atoms with van der Waals surface area (Å²) in [5, 5.41) is 19.0. The van der Waals surface area contributed by atoms with Crippen LogP contribution in [-0.2, 0) is 11.8 Å². The Hall–Kier alpha value is -3.30. The zero-order valence-corrected chi connectivity index (χ0v) is 20.3. The van der Waals surface area contributed by atoms with Crippen molar-refractivity contribution in [2.45, 2.75) is 38.8 Å². The van der Waals surface area contributed by atoms with Crippen LogP contribution in [0.25, 0.3) is 33.2 Å². The van der Waals surface area contributed by atoms with Gasteiger partial charge in [-0.25, -0.2) is 4.68 Å². The third kappa shape index (κ3) is 3.61. The fourth-order valence-corrected chi connectivity index (χ4v) is 5.68. The largest absolute Gasteiger partial charge is 0.389 e. The molecule has 1 atom stereocenters. The molecule has 1 aromatic carbocycles. The third-order valence-electron chi connectivity index (χ3n) is 7.66. The van der Waals surface area contributed by atoms with Crippen LogP contribution in [-0.4, -0.2) is 72.9 Å². The standard InChI is InChI=1S/C26H30N6O3/c1-15-25(30(3)29-28-15)19-11-23-24(27-12-19)21-10-18(26(34)31-13-20(33)14-31)4-5-22(21)32(23)16(2)17-6-8-35-9-7-17/h4-5,10-12,16-17,20,33H,6-9,13-14H2,1-3H3. The van der Waals surface area contributed by atoms with E-state index in [9.17, 15) is 9.90 Å². The van der Waals surface area contributed by atoms with Crippen molar-refractivity contribution in [2.75, 3.05) is 26.3 Å². The Bertz CT molecular complexity index is 1410. The molecular weight excluding hydrogens is 444 g/mol. The van der Waals surface area contributed by atoms with Crippen LogP contribution in [0.1, 0.15) is 41.9 Å². The molecule has 2 saturated heterocycles. The summed E-state index contributed by atoms with van der Waals surface area (Å²) >= 11 is 0. The van der Waals surface area contributed by atoms with Gasteiger partial charge < -0.3 is 19.3 Å².